The molecule has 216 valence electrons. The lowest BCUT2D eigenvalue weighted by atomic mass is 9.85. The van der Waals surface area contributed by atoms with Gasteiger partial charge in [0.2, 0.25) is 11.8 Å². The summed E-state index contributed by atoms with van der Waals surface area (Å²) >= 11 is 12.6. The van der Waals surface area contributed by atoms with E-state index in [4.69, 9.17) is 32.9 Å². The number of rotatable bonds is 8. The molecule has 3 atom stereocenters. The largest absolute Gasteiger partial charge is 0.481 e. The van der Waals surface area contributed by atoms with Gasteiger partial charge in [0.05, 0.1) is 24.0 Å². The summed E-state index contributed by atoms with van der Waals surface area (Å²) in [5.41, 5.74) is 2.52. The van der Waals surface area contributed by atoms with Gasteiger partial charge in [0.25, 0.3) is 0 Å². The molecule has 3 fully saturated rings. The number of ether oxygens (including phenoxy) is 1. The molecule has 3 aromatic rings. The molecule has 0 bridgehead atoms. The Kier molecular flexibility index (Phi) is 8.30. The second-order valence-corrected chi connectivity index (χ2v) is 12.3. The van der Waals surface area contributed by atoms with Crippen LogP contribution in [-0.2, 0) is 11.3 Å². The van der Waals surface area contributed by atoms with Gasteiger partial charge in [-0.1, -0.05) is 30.1 Å². The number of pyridine rings is 1. The van der Waals surface area contributed by atoms with E-state index < -0.39 is 5.97 Å². The number of nitrogens with zero attached hydrogens (tertiary/aromatic N) is 5. The summed E-state index contributed by atoms with van der Waals surface area (Å²) in [6, 6.07) is 9.84. The first kappa shape index (κ1) is 28.2. The van der Waals surface area contributed by atoms with Gasteiger partial charge in [0, 0.05) is 47.4 Å². The molecule has 0 amide bonds. The van der Waals surface area contributed by atoms with Gasteiger partial charge >= 0.3 is 5.97 Å². The Hall–Kier alpha value is -2.98. The van der Waals surface area contributed by atoms with Gasteiger partial charge in [-0.05, 0) is 80.6 Å². The molecule has 0 radical (unpaired) electrons. The van der Waals surface area contributed by atoms with E-state index in [0.717, 1.165) is 56.7 Å². The highest BCUT2D eigenvalue weighted by Gasteiger charge is 2.37. The van der Waals surface area contributed by atoms with E-state index in [2.05, 4.69) is 25.1 Å². The molecule has 0 spiro atoms. The van der Waals surface area contributed by atoms with Crippen LogP contribution in [0, 0.1) is 17.8 Å². The summed E-state index contributed by atoms with van der Waals surface area (Å²) in [7, 11) is 0. The van der Waals surface area contributed by atoms with E-state index in [-0.39, 0.29) is 11.8 Å². The zero-order chi connectivity index (χ0) is 28.5. The average Bonchev–Trinajstić information content (AvgIpc) is 3.56. The molecule has 11 heteroatoms. The predicted molar refractivity (Wildman–Crippen MR) is 159 cm³/mol. The maximum Gasteiger partial charge on any atom is 0.306 e. The highest BCUT2D eigenvalue weighted by atomic mass is 35.5. The Morgan fingerprint density at radius 2 is 1.80 bits per heavy atom. The fraction of sp³-hybridized carbons (Fsp3) is 0.467. The standard InChI is InChI=1S/C30H34Cl2N6O3/c1-18(29(39)40)20-3-6-37(7-4-20)15-19-8-26(22-10-23(31)12-24(32)11-22)36-28(9-19)41-25-13-34-30(35-14-25)38-16-21-2-5-33-27(21)17-38/h8-14,18,20-21,27,33H,2-7,15-17H2,1H3,(H,39,40). The number of aromatic nitrogens is 3. The smallest absolute Gasteiger partial charge is 0.306 e. The summed E-state index contributed by atoms with van der Waals surface area (Å²) in [5.74, 6) is 1.46. The third kappa shape index (κ3) is 6.59. The molecule has 0 aliphatic carbocycles. The molecule has 41 heavy (non-hydrogen) atoms. The van der Waals surface area contributed by atoms with Gasteiger partial charge < -0.3 is 20.1 Å². The Morgan fingerprint density at radius 1 is 1.07 bits per heavy atom. The van der Waals surface area contributed by atoms with Crippen molar-refractivity contribution in [1.29, 1.82) is 0 Å². The Bertz CT molecular complexity index is 1370. The number of halogens is 2. The predicted octanol–water partition coefficient (Wildman–Crippen LogP) is 5.37. The lowest BCUT2D eigenvalue weighted by Gasteiger charge is -2.33. The third-order valence-corrected chi connectivity index (χ3v) is 9.07. The van der Waals surface area contributed by atoms with Crippen LogP contribution in [0.4, 0.5) is 5.95 Å². The molecule has 5 heterocycles. The second kappa shape index (κ2) is 12.1. The Labute approximate surface area is 249 Å². The van der Waals surface area contributed by atoms with E-state index in [1.165, 1.54) is 6.42 Å². The molecule has 3 saturated heterocycles. The van der Waals surface area contributed by atoms with Gasteiger partial charge in [0.1, 0.15) is 0 Å². The first-order chi connectivity index (χ1) is 19.8. The number of carbonyl (C=O) groups is 1. The number of carboxylic acid groups (broad SMARTS) is 1. The number of hydrogen-bond donors (Lipinski definition) is 2. The fourth-order valence-electron chi connectivity index (χ4n) is 6.28. The van der Waals surface area contributed by atoms with E-state index in [1.54, 1.807) is 25.4 Å². The molecule has 1 aromatic carbocycles. The molecule has 3 unspecified atom stereocenters. The molecule has 0 saturated carbocycles. The van der Waals surface area contributed by atoms with Crippen LogP contribution in [0.25, 0.3) is 11.3 Å². The summed E-state index contributed by atoms with van der Waals surface area (Å²) in [5, 5.41) is 14.0. The maximum absolute atomic E-state index is 11.4. The molecular formula is C30H34Cl2N6O3. The number of aliphatic carboxylic acids is 1. The van der Waals surface area contributed by atoms with Crippen molar-refractivity contribution in [3.05, 3.63) is 58.3 Å². The molecule has 3 aliphatic heterocycles. The van der Waals surface area contributed by atoms with Crippen LogP contribution in [0.2, 0.25) is 10.0 Å². The van der Waals surface area contributed by atoms with E-state index >= 15 is 0 Å². The van der Waals surface area contributed by atoms with Crippen LogP contribution in [0.1, 0.15) is 31.7 Å². The van der Waals surface area contributed by atoms with E-state index in [1.807, 2.05) is 24.3 Å². The monoisotopic (exact) mass is 596 g/mol. The van der Waals surface area contributed by atoms with Gasteiger partial charge in [-0.3, -0.25) is 9.69 Å². The number of likely N-dealkylation sites (tertiary alicyclic amines) is 1. The van der Waals surface area contributed by atoms with Crippen molar-refractivity contribution in [1.82, 2.24) is 25.2 Å². The fourth-order valence-corrected chi connectivity index (χ4v) is 6.81. The number of anilines is 1. The van der Waals surface area contributed by atoms with Crippen LogP contribution >= 0.6 is 23.2 Å². The quantitative estimate of drug-likeness (QED) is 0.355. The molecule has 6 rings (SSSR count). The number of hydrogen-bond acceptors (Lipinski definition) is 8. The first-order valence-electron chi connectivity index (χ1n) is 14.2. The Morgan fingerprint density at radius 3 is 2.49 bits per heavy atom. The van der Waals surface area contributed by atoms with Gasteiger partial charge in [0.15, 0.2) is 5.75 Å². The van der Waals surface area contributed by atoms with Crippen molar-refractivity contribution >= 4 is 35.1 Å². The topological polar surface area (TPSA) is 104 Å². The van der Waals surface area contributed by atoms with Crippen LogP contribution in [-0.4, -0.2) is 69.7 Å². The highest BCUT2D eigenvalue weighted by molar-refractivity contribution is 6.35. The minimum Gasteiger partial charge on any atom is -0.481 e. The molecule has 2 N–H and O–H groups in total. The van der Waals surface area contributed by atoms with Crippen LogP contribution in [0.15, 0.2) is 42.7 Å². The molecule has 9 nitrogen and oxygen atoms in total. The third-order valence-electron chi connectivity index (χ3n) is 8.64. The average molecular weight is 598 g/mol. The Balaban J connectivity index is 1.20. The molecule has 3 aliphatic rings. The van der Waals surface area contributed by atoms with E-state index in [9.17, 15) is 9.90 Å². The van der Waals surface area contributed by atoms with Crippen molar-refractivity contribution in [2.75, 3.05) is 37.6 Å². The van der Waals surface area contributed by atoms with Gasteiger partial charge in [-0.2, -0.15) is 0 Å². The zero-order valence-electron chi connectivity index (χ0n) is 23.0. The minimum absolute atomic E-state index is 0.198. The van der Waals surface area contributed by atoms with Crippen LogP contribution < -0.4 is 15.0 Å². The lowest BCUT2D eigenvalue weighted by molar-refractivity contribution is -0.143. The van der Waals surface area contributed by atoms with Crippen LogP contribution in [0.3, 0.4) is 0 Å². The summed E-state index contributed by atoms with van der Waals surface area (Å²) in [6.07, 6.45) is 6.31. The highest BCUT2D eigenvalue weighted by Crippen LogP contribution is 2.32. The van der Waals surface area contributed by atoms with Gasteiger partial charge in [-0.15, -0.1) is 0 Å². The van der Waals surface area contributed by atoms with Crippen molar-refractivity contribution < 1.29 is 14.6 Å². The second-order valence-electron chi connectivity index (χ2n) is 11.4. The zero-order valence-corrected chi connectivity index (χ0v) is 24.5. The normalized spacial score (nSPS) is 22.1. The number of benzene rings is 1. The van der Waals surface area contributed by atoms with Crippen molar-refractivity contribution in [3.8, 4) is 22.9 Å². The molecular weight excluding hydrogens is 563 g/mol. The van der Waals surface area contributed by atoms with Crippen molar-refractivity contribution in [3.63, 3.8) is 0 Å². The first-order valence-corrected chi connectivity index (χ1v) is 15.0. The van der Waals surface area contributed by atoms with Crippen LogP contribution in [0.5, 0.6) is 11.6 Å². The number of fused-ring (bicyclic) bond motifs is 1. The van der Waals surface area contributed by atoms with Crippen molar-refractivity contribution in [2.45, 2.75) is 38.8 Å². The van der Waals surface area contributed by atoms with Gasteiger partial charge in [-0.25, -0.2) is 15.0 Å². The molecule has 2 aromatic heterocycles. The van der Waals surface area contributed by atoms with Crippen molar-refractivity contribution in [2.24, 2.45) is 17.8 Å². The SMILES string of the molecule is CC(C(=O)O)C1CCN(Cc2cc(Oc3cnc(N4CC5CCNC5C4)nc3)nc(-c3cc(Cl)cc(Cl)c3)c2)CC1. The number of carboxylic acids is 1. The van der Waals surface area contributed by atoms with E-state index in [0.29, 0.717) is 51.8 Å². The summed E-state index contributed by atoms with van der Waals surface area (Å²) in [4.78, 5) is 30.0. The maximum atomic E-state index is 11.4. The number of piperidine rings is 1. The minimum atomic E-state index is -0.721. The summed E-state index contributed by atoms with van der Waals surface area (Å²) in [6.45, 7) is 7.15. The summed E-state index contributed by atoms with van der Waals surface area (Å²) < 4.78 is 6.18. The lowest BCUT2D eigenvalue weighted by Crippen LogP contribution is -2.36. The number of nitrogens with one attached hydrogen (secondary N) is 1.